The van der Waals surface area contributed by atoms with Gasteiger partial charge in [-0.2, -0.15) is 0 Å². The van der Waals surface area contributed by atoms with Crippen molar-refractivity contribution in [2.75, 3.05) is 24.8 Å². The minimum atomic E-state index is -0.634. The number of amides is 2. The summed E-state index contributed by atoms with van der Waals surface area (Å²) in [7, 11) is 0. The summed E-state index contributed by atoms with van der Waals surface area (Å²) in [4.78, 5) is 25.0. The van der Waals surface area contributed by atoms with Crippen LogP contribution in [0.15, 0.2) is 65.6 Å². The molecule has 4 N–H and O–H groups in total. The molecule has 8 nitrogen and oxygen atoms in total. The summed E-state index contributed by atoms with van der Waals surface area (Å²) in [5.41, 5.74) is 2.84. The first-order valence-corrected chi connectivity index (χ1v) is 11.8. The Labute approximate surface area is 197 Å². The maximum Gasteiger partial charge on any atom is 0.412 e. The van der Waals surface area contributed by atoms with Crippen molar-refractivity contribution in [3.05, 3.63) is 66.2 Å². The van der Waals surface area contributed by atoms with Crippen LogP contribution in [0.4, 0.5) is 10.5 Å². The number of allylic oxidation sites excluding steroid dienone is 1. The van der Waals surface area contributed by atoms with E-state index >= 15 is 0 Å². The third-order valence-corrected chi connectivity index (χ3v) is 5.57. The van der Waals surface area contributed by atoms with Crippen molar-refractivity contribution in [3.8, 4) is 5.75 Å². The second-order valence-electron chi connectivity index (χ2n) is 7.22. The maximum atomic E-state index is 12.7. The minimum Gasteiger partial charge on any atom is -0.491 e. The van der Waals surface area contributed by atoms with Gasteiger partial charge in [0.1, 0.15) is 18.5 Å². The Morgan fingerprint density at radius 3 is 2.55 bits per heavy atom. The highest BCUT2D eigenvalue weighted by Gasteiger charge is 2.26. The number of carbonyl (C=O) groups is 2. The van der Waals surface area contributed by atoms with Crippen molar-refractivity contribution in [1.82, 2.24) is 5.48 Å². The lowest BCUT2D eigenvalue weighted by Crippen LogP contribution is -2.22. The molecule has 9 heteroatoms. The van der Waals surface area contributed by atoms with Crippen LogP contribution < -0.4 is 15.5 Å². The third kappa shape index (κ3) is 8.80. The summed E-state index contributed by atoms with van der Waals surface area (Å²) in [5, 5.41) is 20.5. The summed E-state index contributed by atoms with van der Waals surface area (Å²) in [6, 6.07) is 14.7. The zero-order valence-corrected chi connectivity index (χ0v) is 19.5. The predicted octanol–water partition coefficient (Wildman–Crippen LogP) is 4.55. The number of hydroxylamine groups is 1. The second-order valence-corrected chi connectivity index (χ2v) is 8.10. The zero-order chi connectivity index (χ0) is 24.1. The maximum absolute atomic E-state index is 12.7. The van der Waals surface area contributed by atoms with Gasteiger partial charge in [-0.3, -0.25) is 15.3 Å². The van der Waals surface area contributed by atoms with Gasteiger partial charge in [0.2, 0.25) is 0 Å². The van der Waals surface area contributed by atoms with Crippen LogP contribution in [-0.4, -0.2) is 41.8 Å². The van der Waals surface area contributed by atoms with Crippen LogP contribution in [-0.2, 0) is 9.53 Å². The van der Waals surface area contributed by atoms with E-state index in [9.17, 15) is 9.59 Å². The topological polar surface area (TPSA) is 117 Å². The Bertz CT molecular complexity index is 919. The number of hydrogen-bond acceptors (Lipinski definition) is 7. The standard InChI is InChI=1S/C24H30N2O6S/c1-17(7-3-6-10-22(28)26-30)23(20-8-4-5-9-21(20)31-16-15-27)32-24(29)25-18-11-13-19(33-2)14-12-18/h4-6,8-14,17,23,27,30H,3,7,15-16H2,1-2H3,(H,25,29)(H,26,28)/b10-6+/t17-,23-/m1/s1. The predicted molar refractivity (Wildman–Crippen MR) is 128 cm³/mol. The minimum absolute atomic E-state index is 0.116. The summed E-state index contributed by atoms with van der Waals surface area (Å²) in [6.07, 6.45) is 4.76. The molecule has 0 aliphatic carbocycles. The highest BCUT2D eigenvalue weighted by molar-refractivity contribution is 7.98. The number of aliphatic hydroxyl groups is 1. The van der Waals surface area contributed by atoms with Crippen LogP contribution in [0, 0.1) is 5.92 Å². The monoisotopic (exact) mass is 474 g/mol. The number of nitrogens with one attached hydrogen (secondary N) is 2. The normalized spacial score (nSPS) is 12.7. The van der Waals surface area contributed by atoms with Crippen LogP contribution in [0.1, 0.15) is 31.4 Å². The van der Waals surface area contributed by atoms with Crippen molar-refractivity contribution >= 4 is 29.4 Å². The van der Waals surface area contributed by atoms with Crippen molar-refractivity contribution < 1.29 is 29.4 Å². The molecule has 0 aromatic heterocycles. The van der Waals surface area contributed by atoms with E-state index in [2.05, 4.69) is 5.32 Å². The average Bonchev–Trinajstić information content (AvgIpc) is 2.84. The van der Waals surface area contributed by atoms with Crippen molar-refractivity contribution in [3.63, 3.8) is 0 Å². The van der Waals surface area contributed by atoms with Gasteiger partial charge >= 0.3 is 6.09 Å². The molecule has 0 unspecified atom stereocenters. The Morgan fingerprint density at radius 1 is 1.15 bits per heavy atom. The highest BCUT2D eigenvalue weighted by atomic mass is 32.2. The van der Waals surface area contributed by atoms with E-state index in [0.717, 1.165) is 4.90 Å². The van der Waals surface area contributed by atoms with Gasteiger partial charge in [0, 0.05) is 22.2 Å². The molecule has 178 valence electrons. The molecule has 0 heterocycles. The lowest BCUT2D eigenvalue weighted by molar-refractivity contribution is -0.124. The molecule has 0 fully saturated rings. The summed E-state index contributed by atoms with van der Waals surface area (Å²) < 4.78 is 11.5. The van der Waals surface area contributed by atoms with Gasteiger partial charge < -0.3 is 14.6 Å². The SMILES string of the molecule is CSc1ccc(NC(=O)O[C@@H](c2ccccc2OCCO)[C@H](C)CC/C=C/C(=O)NO)cc1. The van der Waals surface area contributed by atoms with E-state index in [-0.39, 0.29) is 19.1 Å². The molecular weight excluding hydrogens is 444 g/mol. The molecule has 0 bridgehead atoms. The van der Waals surface area contributed by atoms with Crippen molar-refractivity contribution in [1.29, 1.82) is 0 Å². The molecule has 0 radical (unpaired) electrons. The number of aliphatic hydroxyl groups excluding tert-OH is 1. The van der Waals surface area contributed by atoms with E-state index in [4.69, 9.17) is 19.8 Å². The zero-order valence-electron chi connectivity index (χ0n) is 18.7. The van der Waals surface area contributed by atoms with E-state index < -0.39 is 18.1 Å². The van der Waals surface area contributed by atoms with Crippen LogP contribution in [0.5, 0.6) is 5.75 Å². The molecule has 2 amide bonds. The molecule has 2 atom stereocenters. The van der Waals surface area contributed by atoms with Gasteiger partial charge in [0.25, 0.3) is 5.91 Å². The Balaban J connectivity index is 2.18. The first kappa shape index (κ1) is 26.2. The van der Waals surface area contributed by atoms with E-state index in [0.29, 0.717) is 29.8 Å². The number of anilines is 1. The highest BCUT2D eigenvalue weighted by Crippen LogP contribution is 2.35. The largest absolute Gasteiger partial charge is 0.491 e. The molecule has 33 heavy (non-hydrogen) atoms. The van der Waals surface area contributed by atoms with Gasteiger partial charge in [-0.25, -0.2) is 10.3 Å². The van der Waals surface area contributed by atoms with Gasteiger partial charge in [0.05, 0.1) is 6.61 Å². The van der Waals surface area contributed by atoms with Crippen LogP contribution >= 0.6 is 11.8 Å². The Kier molecular flexibility index (Phi) is 11.3. The number of benzene rings is 2. The van der Waals surface area contributed by atoms with Crippen LogP contribution in [0.25, 0.3) is 0 Å². The number of hydrogen-bond donors (Lipinski definition) is 4. The smallest absolute Gasteiger partial charge is 0.412 e. The fourth-order valence-electron chi connectivity index (χ4n) is 3.16. The molecule has 2 aromatic carbocycles. The quantitative estimate of drug-likeness (QED) is 0.154. The van der Waals surface area contributed by atoms with Crippen molar-refractivity contribution in [2.45, 2.75) is 30.8 Å². The number of thioether (sulfide) groups is 1. The molecule has 2 aromatic rings. The summed E-state index contributed by atoms with van der Waals surface area (Å²) >= 11 is 1.61. The van der Waals surface area contributed by atoms with E-state index in [1.54, 1.807) is 41.5 Å². The first-order valence-electron chi connectivity index (χ1n) is 10.5. The Morgan fingerprint density at radius 2 is 1.88 bits per heavy atom. The van der Waals surface area contributed by atoms with Gasteiger partial charge in [-0.1, -0.05) is 31.2 Å². The number of rotatable bonds is 12. The lowest BCUT2D eigenvalue weighted by atomic mass is 9.92. The van der Waals surface area contributed by atoms with Gasteiger partial charge in [0.15, 0.2) is 0 Å². The second kappa shape index (κ2) is 14.2. The third-order valence-electron chi connectivity index (χ3n) is 4.83. The van der Waals surface area contributed by atoms with Crippen LogP contribution in [0.3, 0.4) is 0 Å². The van der Waals surface area contributed by atoms with Gasteiger partial charge in [-0.05, 0) is 55.3 Å². The van der Waals surface area contributed by atoms with Crippen LogP contribution in [0.2, 0.25) is 0 Å². The first-order chi connectivity index (χ1) is 16.0. The molecule has 0 spiro atoms. The number of carbonyl (C=O) groups excluding carboxylic acids is 2. The lowest BCUT2D eigenvalue weighted by Gasteiger charge is -2.26. The molecule has 0 aliphatic heterocycles. The summed E-state index contributed by atoms with van der Waals surface area (Å²) in [6.45, 7) is 1.92. The fourth-order valence-corrected chi connectivity index (χ4v) is 3.57. The molecule has 0 aliphatic rings. The van der Waals surface area contributed by atoms with E-state index in [1.165, 1.54) is 6.08 Å². The fraction of sp³-hybridized carbons (Fsp3) is 0.333. The number of ether oxygens (including phenoxy) is 2. The Hall–Kier alpha value is -3.01. The average molecular weight is 475 g/mol. The molecular formula is C24H30N2O6S. The molecule has 0 saturated heterocycles. The summed E-state index contributed by atoms with van der Waals surface area (Å²) in [5.74, 6) is -0.212. The molecule has 0 saturated carbocycles. The number of para-hydroxylation sites is 1. The van der Waals surface area contributed by atoms with E-state index in [1.807, 2.05) is 43.5 Å². The molecule has 2 rings (SSSR count). The van der Waals surface area contributed by atoms with Crippen molar-refractivity contribution in [2.24, 2.45) is 5.92 Å². The van der Waals surface area contributed by atoms with Gasteiger partial charge in [-0.15, -0.1) is 11.8 Å².